The lowest BCUT2D eigenvalue weighted by atomic mass is 10.2. The summed E-state index contributed by atoms with van der Waals surface area (Å²) in [4.78, 5) is 0. The molecular formula is C10H11NS. The predicted molar refractivity (Wildman–Crippen MR) is 56.2 cm³/mol. The summed E-state index contributed by atoms with van der Waals surface area (Å²) >= 11 is 4.06. The highest BCUT2D eigenvalue weighted by molar-refractivity contribution is 7.80. The van der Waals surface area contributed by atoms with Crippen LogP contribution in [0.1, 0.15) is 12.0 Å². The van der Waals surface area contributed by atoms with Crippen LogP contribution in [0.15, 0.2) is 24.3 Å². The number of hydrogen-bond acceptors (Lipinski definition) is 2. The monoisotopic (exact) mass is 177 g/mol. The molecule has 12 heavy (non-hydrogen) atoms. The Bertz CT molecular complexity index is 309. The second kappa shape index (κ2) is 4.74. The van der Waals surface area contributed by atoms with Gasteiger partial charge in [0.2, 0.25) is 0 Å². The maximum Gasteiger partial charge on any atom is 0.0326 e. The summed E-state index contributed by atoms with van der Waals surface area (Å²) in [5, 5.41) is 0. The number of rotatable bonds is 1. The highest BCUT2D eigenvalue weighted by Crippen LogP contribution is 2.04. The Morgan fingerprint density at radius 1 is 1.42 bits per heavy atom. The summed E-state index contributed by atoms with van der Waals surface area (Å²) in [5.41, 5.74) is 7.31. The van der Waals surface area contributed by atoms with Gasteiger partial charge in [-0.15, -0.1) is 0 Å². The minimum Gasteiger partial charge on any atom is -0.399 e. The summed E-state index contributed by atoms with van der Waals surface area (Å²) in [6.07, 6.45) is 0.817. The molecule has 0 atom stereocenters. The van der Waals surface area contributed by atoms with E-state index in [1.54, 1.807) is 0 Å². The lowest BCUT2D eigenvalue weighted by Crippen LogP contribution is -1.84. The number of anilines is 1. The van der Waals surface area contributed by atoms with Crippen LogP contribution in [-0.4, -0.2) is 5.75 Å². The van der Waals surface area contributed by atoms with Gasteiger partial charge in [0.05, 0.1) is 0 Å². The molecule has 1 nitrogen and oxygen atoms in total. The molecule has 0 bridgehead atoms. The summed E-state index contributed by atoms with van der Waals surface area (Å²) in [6, 6.07) is 7.57. The zero-order valence-corrected chi connectivity index (χ0v) is 7.64. The molecule has 0 saturated heterocycles. The van der Waals surface area contributed by atoms with E-state index >= 15 is 0 Å². The number of hydrogen-bond donors (Lipinski definition) is 2. The first-order chi connectivity index (χ1) is 5.83. The Labute approximate surface area is 78.4 Å². The Hall–Kier alpha value is -1.07. The second-order valence-corrected chi connectivity index (χ2v) is 2.85. The molecule has 0 radical (unpaired) electrons. The fraction of sp³-hybridized carbons (Fsp3) is 0.200. The third kappa shape index (κ3) is 2.89. The van der Waals surface area contributed by atoms with Crippen LogP contribution >= 0.6 is 12.6 Å². The van der Waals surface area contributed by atoms with Gasteiger partial charge in [0.1, 0.15) is 0 Å². The molecule has 1 rings (SSSR count). The van der Waals surface area contributed by atoms with E-state index in [2.05, 4.69) is 24.5 Å². The van der Waals surface area contributed by atoms with E-state index in [-0.39, 0.29) is 0 Å². The first kappa shape index (κ1) is 9.02. The molecule has 0 aliphatic carbocycles. The molecule has 0 fully saturated rings. The number of nitrogens with two attached hydrogens (primary N) is 1. The molecule has 2 N–H and O–H groups in total. The number of nitrogen functional groups attached to an aromatic ring is 1. The quantitative estimate of drug-likeness (QED) is 0.383. The molecule has 0 unspecified atom stereocenters. The lowest BCUT2D eigenvalue weighted by molar-refractivity contribution is 1.31. The van der Waals surface area contributed by atoms with Gasteiger partial charge >= 0.3 is 0 Å². The molecule has 0 saturated carbocycles. The third-order valence-corrected chi connectivity index (χ3v) is 1.58. The SMILES string of the molecule is Nc1cccc(C#CCCS)c1. The molecule has 0 spiro atoms. The zero-order valence-electron chi connectivity index (χ0n) is 6.75. The first-order valence-corrected chi connectivity index (χ1v) is 4.41. The van der Waals surface area contributed by atoms with E-state index in [1.165, 1.54) is 0 Å². The third-order valence-electron chi connectivity index (χ3n) is 1.36. The van der Waals surface area contributed by atoms with E-state index < -0.39 is 0 Å². The standard InChI is InChI=1S/C10H11NS/c11-10-6-3-5-9(8-10)4-1-2-7-12/h3,5-6,8,12H,2,7,11H2. The van der Waals surface area contributed by atoms with E-state index in [9.17, 15) is 0 Å². The first-order valence-electron chi connectivity index (χ1n) is 3.78. The van der Waals surface area contributed by atoms with Gasteiger partial charge in [-0.25, -0.2) is 0 Å². The van der Waals surface area contributed by atoms with Crippen molar-refractivity contribution in [1.82, 2.24) is 0 Å². The Balaban J connectivity index is 2.71. The second-order valence-electron chi connectivity index (χ2n) is 2.40. The summed E-state index contributed by atoms with van der Waals surface area (Å²) in [5.74, 6) is 6.81. The van der Waals surface area contributed by atoms with Crippen LogP contribution in [0, 0.1) is 11.8 Å². The van der Waals surface area contributed by atoms with Crippen molar-refractivity contribution in [2.24, 2.45) is 0 Å². The number of thiol groups is 1. The van der Waals surface area contributed by atoms with Gasteiger partial charge in [-0.3, -0.25) is 0 Å². The van der Waals surface area contributed by atoms with E-state index in [4.69, 9.17) is 5.73 Å². The van der Waals surface area contributed by atoms with Gasteiger partial charge < -0.3 is 5.73 Å². The maximum absolute atomic E-state index is 5.58. The average Bonchev–Trinajstić information content (AvgIpc) is 2.05. The smallest absolute Gasteiger partial charge is 0.0326 e. The molecule has 1 aromatic rings. The van der Waals surface area contributed by atoms with E-state index in [0.717, 1.165) is 23.4 Å². The summed E-state index contributed by atoms with van der Waals surface area (Å²) < 4.78 is 0. The van der Waals surface area contributed by atoms with Crippen molar-refractivity contribution in [1.29, 1.82) is 0 Å². The van der Waals surface area contributed by atoms with Gasteiger partial charge in [0.25, 0.3) is 0 Å². The Morgan fingerprint density at radius 3 is 2.92 bits per heavy atom. The highest BCUT2D eigenvalue weighted by atomic mass is 32.1. The van der Waals surface area contributed by atoms with Crippen molar-refractivity contribution >= 4 is 18.3 Å². The van der Waals surface area contributed by atoms with E-state index in [0.29, 0.717) is 0 Å². The molecule has 0 aromatic heterocycles. The molecule has 0 heterocycles. The van der Waals surface area contributed by atoms with Crippen LogP contribution < -0.4 is 5.73 Å². The predicted octanol–water partition coefficient (Wildman–Crippen LogP) is 1.94. The molecule has 2 heteroatoms. The largest absolute Gasteiger partial charge is 0.399 e. The number of benzene rings is 1. The van der Waals surface area contributed by atoms with Gasteiger partial charge in [0, 0.05) is 23.4 Å². The van der Waals surface area contributed by atoms with Crippen molar-refractivity contribution in [3.05, 3.63) is 29.8 Å². The van der Waals surface area contributed by atoms with Gasteiger partial charge in [-0.05, 0) is 18.2 Å². The molecule has 0 amide bonds. The zero-order chi connectivity index (χ0) is 8.81. The lowest BCUT2D eigenvalue weighted by Gasteiger charge is -1.91. The molecule has 0 aliphatic rings. The molecule has 1 aromatic carbocycles. The fourth-order valence-corrected chi connectivity index (χ4v) is 0.949. The van der Waals surface area contributed by atoms with Gasteiger partial charge in [-0.1, -0.05) is 17.9 Å². The normalized spacial score (nSPS) is 8.75. The van der Waals surface area contributed by atoms with Crippen molar-refractivity contribution in [3.8, 4) is 11.8 Å². The highest BCUT2D eigenvalue weighted by Gasteiger charge is 1.85. The summed E-state index contributed by atoms with van der Waals surface area (Å²) in [7, 11) is 0. The minimum absolute atomic E-state index is 0.757. The van der Waals surface area contributed by atoms with Crippen molar-refractivity contribution in [2.45, 2.75) is 6.42 Å². The molecular weight excluding hydrogens is 166 g/mol. The Kier molecular flexibility index (Phi) is 3.56. The van der Waals surface area contributed by atoms with Crippen molar-refractivity contribution in [2.75, 3.05) is 11.5 Å². The van der Waals surface area contributed by atoms with Crippen molar-refractivity contribution < 1.29 is 0 Å². The molecule has 0 aliphatic heterocycles. The van der Waals surface area contributed by atoms with Gasteiger partial charge in [0.15, 0.2) is 0 Å². The van der Waals surface area contributed by atoms with Crippen LogP contribution in [0.25, 0.3) is 0 Å². The minimum atomic E-state index is 0.757. The average molecular weight is 177 g/mol. The van der Waals surface area contributed by atoms with E-state index in [1.807, 2.05) is 24.3 Å². The Morgan fingerprint density at radius 2 is 2.25 bits per heavy atom. The topological polar surface area (TPSA) is 26.0 Å². The van der Waals surface area contributed by atoms with Crippen LogP contribution in [0.4, 0.5) is 5.69 Å². The van der Waals surface area contributed by atoms with Crippen molar-refractivity contribution in [3.63, 3.8) is 0 Å². The molecule has 62 valence electrons. The summed E-state index contributed by atoms with van der Waals surface area (Å²) in [6.45, 7) is 0. The van der Waals surface area contributed by atoms with Crippen LogP contribution in [-0.2, 0) is 0 Å². The maximum atomic E-state index is 5.58. The van der Waals surface area contributed by atoms with Gasteiger partial charge in [-0.2, -0.15) is 12.6 Å². The van der Waals surface area contributed by atoms with Crippen LogP contribution in [0.2, 0.25) is 0 Å². The van der Waals surface area contributed by atoms with Crippen LogP contribution in [0.5, 0.6) is 0 Å². The fourth-order valence-electron chi connectivity index (χ4n) is 0.837. The van der Waals surface area contributed by atoms with Crippen LogP contribution in [0.3, 0.4) is 0 Å².